The number of hydrogen-bond acceptors (Lipinski definition) is 2. The number of aromatic nitrogens is 2. The molecular weight excluding hydrogens is 178 g/mol. The SMILES string of the molecule is CN(C)C(=O)c1cc(C(C)(C)C)[nH]n1. The van der Waals surface area contributed by atoms with E-state index in [0.29, 0.717) is 5.69 Å². The fourth-order valence-corrected chi connectivity index (χ4v) is 1.04. The van der Waals surface area contributed by atoms with Crippen molar-refractivity contribution in [1.29, 1.82) is 0 Å². The van der Waals surface area contributed by atoms with Crippen molar-refractivity contribution in [3.63, 3.8) is 0 Å². The van der Waals surface area contributed by atoms with Gasteiger partial charge in [-0.25, -0.2) is 0 Å². The van der Waals surface area contributed by atoms with Crippen molar-refractivity contribution >= 4 is 5.91 Å². The zero-order valence-electron chi connectivity index (χ0n) is 9.38. The van der Waals surface area contributed by atoms with E-state index in [0.717, 1.165) is 5.69 Å². The first kappa shape index (κ1) is 10.8. The Morgan fingerprint density at radius 3 is 2.36 bits per heavy atom. The molecule has 1 rings (SSSR count). The van der Waals surface area contributed by atoms with Crippen LogP contribution in [0, 0.1) is 0 Å². The maximum atomic E-state index is 11.5. The van der Waals surface area contributed by atoms with E-state index < -0.39 is 0 Å². The van der Waals surface area contributed by atoms with Gasteiger partial charge in [-0.1, -0.05) is 20.8 Å². The molecule has 0 radical (unpaired) electrons. The second-order valence-electron chi connectivity index (χ2n) is 4.62. The molecule has 1 N–H and O–H groups in total. The van der Waals surface area contributed by atoms with E-state index in [9.17, 15) is 4.79 Å². The van der Waals surface area contributed by atoms with E-state index in [2.05, 4.69) is 31.0 Å². The van der Waals surface area contributed by atoms with E-state index in [1.165, 1.54) is 4.90 Å². The van der Waals surface area contributed by atoms with Gasteiger partial charge < -0.3 is 4.90 Å². The van der Waals surface area contributed by atoms with E-state index in [4.69, 9.17) is 0 Å². The molecule has 0 aliphatic rings. The number of rotatable bonds is 1. The summed E-state index contributed by atoms with van der Waals surface area (Å²) in [6.07, 6.45) is 0. The summed E-state index contributed by atoms with van der Waals surface area (Å²) in [6, 6.07) is 1.81. The molecule has 0 aromatic carbocycles. The third-order valence-corrected chi connectivity index (χ3v) is 2.01. The standard InChI is InChI=1S/C10H17N3O/c1-10(2,3)8-6-7(11-12-8)9(14)13(4)5/h6H,1-5H3,(H,11,12). The molecule has 0 saturated carbocycles. The van der Waals surface area contributed by atoms with Crippen LogP contribution in [0.25, 0.3) is 0 Å². The molecule has 0 saturated heterocycles. The summed E-state index contributed by atoms with van der Waals surface area (Å²) < 4.78 is 0. The van der Waals surface area contributed by atoms with Crippen LogP contribution in [-0.4, -0.2) is 35.1 Å². The van der Waals surface area contributed by atoms with Crippen LogP contribution >= 0.6 is 0 Å². The lowest BCUT2D eigenvalue weighted by Crippen LogP contribution is -2.22. The molecule has 78 valence electrons. The number of nitrogens with zero attached hydrogens (tertiary/aromatic N) is 2. The summed E-state index contributed by atoms with van der Waals surface area (Å²) in [4.78, 5) is 13.0. The topological polar surface area (TPSA) is 49.0 Å². The lowest BCUT2D eigenvalue weighted by molar-refractivity contribution is 0.0822. The fraction of sp³-hybridized carbons (Fsp3) is 0.600. The highest BCUT2D eigenvalue weighted by atomic mass is 16.2. The molecular formula is C10H17N3O. The maximum Gasteiger partial charge on any atom is 0.273 e. The molecule has 1 aromatic rings. The predicted molar refractivity (Wildman–Crippen MR) is 55.3 cm³/mol. The smallest absolute Gasteiger partial charge is 0.273 e. The predicted octanol–water partition coefficient (Wildman–Crippen LogP) is 1.41. The van der Waals surface area contributed by atoms with Gasteiger partial charge in [-0.05, 0) is 6.07 Å². The lowest BCUT2D eigenvalue weighted by Gasteiger charge is -2.14. The van der Waals surface area contributed by atoms with Gasteiger partial charge in [0.25, 0.3) is 5.91 Å². The molecule has 4 heteroatoms. The Bertz CT molecular complexity index is 333. The van der Waals surface area contributed by atoms with Gasteiger partial charge in [0.1, 0.15) is 5.69 Å². The van der Waals surface area contributed by atoms with Crippen LogP contribution in [0.4, 0.5) is 0 Å². The molecule has 1 amide bonds. The number of H-pyrrole nitrogens is 1. The van der Waals surface area contributed by atoms with Crippen molar-refractivity contribution in [2.24, 2.45) is 0 Å². The highest BCUT2D eigenvalue weighted by Crippen LogP contribution is 2.20. The molecule has 4 nitrogen and oxygen atoms in total. The minimum atomic E-state index is -0.0725. The molecule has 14 heavy (non-hydrogen) atoms. The van der Waals surface area contributed by atoms with Crippen LogP contribution in [0.5, 0.6) is 0 Å². The summed E-state index contributed by atoms with van der Waals surface area (Å²) in [5, 5.41) is 6.87. The average Bonchev–Trinajstić information content (AvgIpc) is 2.49. The second-order valence-corrected chi connectivity index (χ2v) is 4.62. The van der Waals surface area contributed by atoms with Crippen LogP contribution < -0.4 is 0 Å². The minimum Gasteiger partial charge on any atom is -0.343 e. The zero-order valence-corrected chi connectivity index (χ0v) is 9.38. The number of carbonyl (C=O) groups is 1. The van der Waals surface area contributed by atoms with Gasteiger partial charge in [0, 0.05) is 25.2 Å². The first-order valence-electron chi connectivity index (χ1n) is 4.60. The minimum absolute atomic E-state index is 0.00214. The van der Waals surface area contributed by atoms with Crippen LogP contribution in [0.15, 0.2) is 6.07 Å². The van der Waals surface area contributed by atoms with E-state index >= 15 is 0 Å². The normalized spacial score (nSPS) is 11.5. The van der Waals surface area contributed by atoms with Crippen molar-refractivity contribution in [1.82, 2.24) is 15.1 Å². The average molecular weight is 195 g/mol. The Morgan fingerprint density at radius 1 is 1.43 bits per heavy atom. The van der Waals surface area contributed by atoms with Gasteiger partial charge in [-0.15, -0.1) is 0 Å². The Morgan fingerprint density at radius 2 is 2.00 bits per heavy atom. The summed E-state index contributed by atoms with van der Waals surface area (Å²) in [5.41, 5.74) is 1.44. The first-order valence-corrected chi connectivity index (χ1v) is 4.60. The summed E-state index contributed by atoms with van der Waals surface area (Å²) in [6.45, 7) is 6.22. The monoisotopic (exact) mass is 195 g/mol. The van der Waals surface area contributed by atoms with Gasteiger partial charge >= 0.3 is 0 Å². The van der Waals surface area contributed by atoms with Gasteiger partial charge in [0.2, 0.25) is 0 Å². The fourth-order valence-electron chi connectivity index (χ4n) is 1.04. The van der Waals surface area contributed by atoms with Crippen molar-refractivity contribution < 1.29 is 4.79 Å². The van der Waals surface area contributed by atoms with Crippen molar-refractivity contribution in [2.45, 2.75) is 26.2 Å². The number of hydrogen-bond donors (Lipinski definition) is 1. The molecule has 0 atom stereocenters. The largest absolute Gasteiger partial charge is 0.343 e. The molecule has 0 spiro atoms. The van der Waals surface area contributed by atoms with Crippen molar-refractivity contribution in [2.75, 3.05) is 14.1 Å². The van der Waals surface area contributed by atoms with Crippen LogP contribution in [0.1, 0.15) is 37.0 Å². The molecule has 0 fully saturated rings. The first-order chi connectivity index (χ1) is 6.32. The van der Waals surface area contributed by atoms with Gasteiger partial charge in [0.05, 0.1) is 0 Å². The molecule has 0 aliphatic carbocycles. The van der Waals surface area contributed by atoms with Gasteiger partial charge in [-0.2, -0.15) is 5.10 Å². The van der Waals surface area contributed by atoms with Crippen LogP contribution in [0.2, 0.25) is 0 Å². The van der Waals surface area contributed by atoms with E-state index in [1.807, 2.05) is 6.07 Å². The molecule has 0 unspecified atom stereocenters. The third-order valence-electron chi connectivity index (χ3n) is 2.01. The number of aromatic amines is 1. The molecule has 1 heterocycles. The van der Waals surface area contributed by atoms with E-state index in [1.54, 1.807) is 14.1 Å². The summed E-state index contributed by atoms with van der Waals surface area (Å²) >= 11 is 0. The molecule has 0 bridgehead atoms. The summed E-state index contributed by atoms with van der Waals surface area (Å²) in [5.74, 6) is -0.0725. The maximum absolute atomic E-state index is 11.5. The molecule has 0 aliphatic heterocycles. The van der Waals surface area contributed by atoms with Gasteiger partial charge in [0.15, 0.2) is 0 Å². The van der Waals surface area contributed by atoms with Gasteiger partial charge in [-0.3, -0.25) is 9.89 Å². The summed E-state index contributed by atoms with van der Waals surface area (Å²) in [7, 11) is 3.43. The van der Waals surface area contributed by atoms with Crippen molar-refractivity contribution in [3.8, 4) is 0 Å². The lowest BCUT2D eigenvalue weighted by atomic mass is 9.92. The Balaban J connectivity index is 2.95. The second kappa shape index (κ2) is 3.44. The number of nitrogens with one attached hydrogen (secondary N) is 1. The van der Waals surface area contributed by atoms with Crippen molar-refractivity contribution in [3.05, 3.63) is 17.5 Å². The Hall–Kier alpha value is -1.32. The van der Waals surface area contributed by atoms with Crippen LogP contribution in [-0.2, 0) is 5.41 Å². The quantitative estimate of drug-likeness (QED) is 0.736. The van der Waals surface area contributed by atoms with Crippen LogP contribution in [0.3, 0.4) is 0 Å². The molecule has 1 aromatic heterocycles. The third kappa shape index (κ3) is 2.13. The highest BCUT2D eigenvalue weighted by Gasteiger charge is 2.19. The van der Waals surface area contributed by atoms with E-state index in [-0.39, 0.29) is 11.3 Å². The number of amides is 1. The highest BCUT2D eigenvalue weighted by molar-refractivity contribution is 5.92. The Kier molecular flexibility index (Phi) is 2.64. The number of carbonyl (C=O) groups excluding carboxylic acids is 1. The zero-order chi connectivity index (χ0) is 10.9. The Labute approximate surface area is 84.3 Å².